The first-order chi connectivity index (χ1) is 4.68. The lowest BCUT2D eigenvalue weighted by atomic mass is 10.2. The summed E-state index contributed by atoms with van der Waals surface area (Å²) >= 11 is 4.77. The molecule has 0 aliphatic heterocycles. The van der Waals surface area contributed by atoms with Crippen molar-refractivity contribution in [2.24, 2.45) is 5.73 Å². The number of hydrogen-bond donors (Lipinski definition) is 1. The van der Waals surface area contributed by atoms with E-state index in [0.717, 1.165) is 6.54 Å². The van der Waals surface area contributed by atoms with Crippen LogP contribution >= 0.6 is 12.2 Å². The standard InChI is InChI=1S/C7H16N2S/c1-3-4-5-6-9(2)7(8)10/h3-6H2,1-2H3,(H2,8,10). The van der Waals surface area contributed by atoms with E-state index in [1.54, 1.807) is 0 Å². The van der Waals surface area contributed by atoms with Gasteiger partial charge >= 0.3 is 0 Å². The van der Waals surface area contributed by atoms with Crippen molar-refractivity contribution < 1.29 is 0 Å². The SMILES string of the molecule is CCCCCN(C)C(N)=S. The molecule has 0 fully saturated rings. The number of nitrogens with two attached hydrogens (primary N) is 1. The predicted octanol–water partition coefficient (Wildman–Crippen LogP) is 1.35. The Hall–Kier alpha value is -0.310. The highest BCUT2D eigenvalue weighted by molar-refractivity contribution is 7.80. The van der Waals surface area contributed by atoms with Gasteiger partial charge in [0, 0.05) is 13.6 Å². The van der Waals surface area contributed by atoms with Gasteiger partial charge in [-0.1, -0.05) is 19.8 Å². The first-order valence-electron chi connectivity index (χ1n) is 3.69. The Labute approximate surface area is 68.4 Å². The van der Waals surface area contributed by atoms with Gasteiger partial charge in [0.1, 0.15) is 0 Å². The van der Waals surface area contributed by atoms with Gasteiger partial charge in [0.05, 0.1) is 0 Å². The Morgan fingerprint density at radius 1 is 1.50 bits per heavy atom. The van der Waals surface area contributed by atoms with Crippen LogP contribution in [0.25, 0.3) is 0 Å². The van der Waals surface area contributed by atoms with Gasteiger partial charge in [-0.2, -0.15) is 0 Å². The summed E-state index contributed by atoms with van der Waals surface area (Å²) in [5, 5.41) is 0.496. The average Bonchev–Trinajstić information content (AvgIpc) is 1.88. The number of nitrogens with zero attached hydrogens (tertiary/aromatic N) is 1. The lowest BCUT2D eigenvalue weighted by Crippen LogP contribution is -2.32. The monoisotopic (exact) mass is 160 g/mol. The molecule has 0 aliphatic rings. The van der Waals surface area contributed by atoms with E-state index >= 15 is 0 Å². The maximum Gasteiger partial charge on any atom is 0.166 e. The van der Waals surface area contributed by atoms with Crippen molar-refractivity contribution in [2.75, 3.05) is 13.6 Å². The fraction of sp³-hybridized carbons (Fsp3) is 0.857. The smallest absolute Gasteiger partial charge is 0.166 e. The highest BCUT2D eigenvalue weighted by Gasteiger charge is 1.96. The van der Waals surface area contributed by atoms with Crippen LogP contribution in [0.2, 0.25) is 0 Å². The molecule has 0 bridgehead atoms. The quantitative estimate of drug-likeness (QED) is 0.497. The second-order valence-corrected chi connectivity index (χ2v) is 2.89. The van der Waals surface area contributed by atoms with Crippen LogP contribution in [0.5, 0.6) is 0 Å². The van der Waals surface area contributed by atoms with E-state index in [9.17, 15) is 0 Å². The molecule has 0 saturated carbocycles. The summed E-state index contributed by atoms with van der Waals surface area (Å²) in [5.41, 5.74) is 5.38. The van der Waals surface area contributed by atoms with Crippen LogP contribution in [-0.2, 0) is 0 Å². The van der Waals surface area contributed by atoms with Gasteiger partial charge in [-0.05, 0) is 18.6 Å². The van der Waals surface area contributed by atoms with E-state index in [1.165, 1.54) is 19.3 Å². The van der Waals surface area contributed by atoms with Gasteiger partial charge in [-0.25, -0.2) is 0 Å². The van der Waals surface area contributed by atoms with E-state index in [0.29, 0.717) is 5.11 Å². The van der Waals surface area contributed by atoms with Crippen molar-refractivity contribution in [1.82, 2.24) is 4.90 Å². The minimum Gasteiger partial charge on any atom is -0.376 e. The zero-order chi connectivity index (χ0) is 7.98. The number of unbranched alkanes of at least 4 members (excludes halogenated alkanes) is 2. The van der Waals surface area contributed by atoms with E-state index in [-0.39, 0.29) is 0 Å². The predicted molar refractivity (Wildman–Crippen MR) is 48.9 cm³/mol. The van der Waals surface area contributed by atoms with E-state index < -0.39 is 0 Å². The Morgan fingerprint density at radius 3 is 2.50 bits per heavy atom. The molecule has 0 radical (unpaired) electrons. The first kappa shape index (κ1) is 9.69. The molecule has 0 aromatic heterocycles. The fourth-order valence-corrected chi connectivity index (χ4v) is 0.800. The van der Waals surface area contributed by atoms with Crippen LogP contribution in [-0.4, -0.2) is 23.6 Å². The molecule has 0 unspecified atom stereocenters. The Bertz CT molecular complexity index is 104. The molecule has 3 heteroatoms. The molecule has 2 N–H and O–H groups in total. The molecule has 0 spiro atoms. The third-order valence-corrected chi connectivity index (χ3v) is 1.78. The molecule has 0 saturated heterocycles. The molecule has 2 nitrogen and oxygen atoms in total. The highest BCUT2D eigenvalue weighted by atomic mass is 32.1. The van der Waals surface area contributed by atoms with Crippen molar-refractivity contribution in [2.45, 2.75) is 26.2 Å². The molecule has 0 heterocycles. The molecule has 0 atom stereocenters. The van der Waals surface area contributed by atoms with Crippen LogP contribution in [0.15, 0.2) is 0 Å². The summed E-state index contributed by atoms with van der Waals surface area (Å²) in [6.45, 7) is 3.17. The van der Waals surface area contributed by atoms with Crippen molar-refractivity contribution in [3.05, 3.63) is 0 Å². The third-order valence-electron chi connectivity index (χ3n) is 1.47. The van der Waals surface area contributed by atoms with Gasteiger partial charge < -0.3 is 10.6 Å². The molecular formula is C7H16N2S. The Balaban J connectivity index is 3.21. The topological polar surface area (TPSA) is 29.3 Å². The summed E-state index contributed by atoms with van der Waals surface area (Å²) in [6, 6.07) is 0. The van der Waals surface area contributed by atoms with Crippen molar-refractivity contribution in [1.29, 1.82) is 0 Å². The van der Waals surface area contributed by atoms with Crippen molar-refractivity contribution >= 4 is 17.3 Å². The maximum atomic E-state index is 5.38. The molecule has 0 amide bonds. The summed E-state index contributed by atoms with van der Waals surface area (Å²) in [5.74, 6) is 0. The van der Waals surface area contributed by atoms with Crippen LogP contribution in [0.3, 0.4) is 0 Å². The van der Waals surface area contributed by atoms with E-state index in [1.807, 2.05) is 11.9 Å². The lowest BCUT2D eigenvalue weighted by molar-refractivity contribution is 0.479. The Morgan fingerprint density at radius 2 is 2.10 bits per heavy atom. The maximum absolute atomic E-state index is 5.38. The molecule has 0 aromatic rings. The molecule has 60 valence electrons. The number of thiocarbonyl (C=S) groups is 1. The fourth-order valence-electron chi connectivity index (χ4n) is 0.709. The molecular weight excluding hydrogens is 144 g/mol. The average molecular weight is 160 g/mol. The van der Waals surface area contributed by atoms with Gasteiger partial charge in [-0.15, -0.1) is 0 Å². The molecule has 0 aliphatic carbocycles. The minimum absolute atomic E-state index is 0.496. The summed E-state index contributed by atoms with van der Waals surface area (Å²) < 4.78 is 0. The van der Waals surface area contributed by atoms with Crippen molar-refractivity contribution in [3.63, 3.8) is 0 Å². The van der Waals surface area contributed by atoms with Crippen LogP contribution in [0, 0.1) is 0 Å². The lowest BCUT2D eigenvalue weighted by Gasteiger charge is -2.15. The minimum atomic E-state index is 0.496. The molecule has 0 aromatic carbocycles. The Kier molecular flexibility index (Phi) is 5.30. The van der Waals surface area contributed by atoms with E-state index in [4.69, 9.17) is 18.0 Å². The third kappa shape index (κ3) is 4.56. The number of hydrogen-bond acceptors (Lipinski definition) is 1. The normalized spacial score (nSPS) is 9.40. The van der Waals surface area contributed by atoms with Crippen LogP contribution in [0.1, 0.15) is 26.2 Å². The largest absolute Gasteiger partial charge is 0.376 e. The second kappa shape index (κ2) is 5.47. The van der Waals surface area contributed by atoms with Gasteiger partial charge in [0.15, 0.2) is 5.11 Å². The van der Waals surface area contributed by atoms with Gasteiger partial charge in [0.25, 0.3) is 0 Å². The first-order valence-corrected chi connectivity index (χ1v) is 4.10. The van der Waals surface area contributed by atoms with Gasteiger partial charge in [-0.3, -0.25) is 0 Å². The van der Waals surface area contributed by atoms with Crippen LogP contribution in [0.4, 0.5) is 0 Å². The van der Waals surface area contributed by atoms with Crippen molar-refractivity contribution in [3.8, 4) is 0 Å². The summed E-state index contributed by atoms with van der Waals surface area (Å²) in [4.78, 5) is 1.91. The summed E-state index contributed by atoms with van der Waals surface area (Å²) in [6.07, 6.45) is 3.68. The summed E-state index contributed by atoms with van der Waals surface area (Å²) in [7, 11) is 1.93. The second-order valence-electron chi connectivity index (χ2n) is 2.47. The molecule has 10 heavy (non-hydrogen) atoms. The zero-order valence-electron chi connectivity index (χ0n) is 6.76. The molecule has 0 rings (SSSR count). The number of rotatable bonds is 4. The van der Waals surface area contributed by atoms with Gasteiger partial charge in [0.2, 0.25) is 0 Å². The van der Waals surface area contributed by atoms with E-state index in [2.05, 4.69) is 6.92 Å². The highest BCUT2D eigenvalue weighted by Crippen LogP contribution is 1.95. The van der Waals surface area contributed by atoms with Crippen LogP contribution < -0.4 is 5.73 Å². The zero-order valence-corrected chi connectivity index (χ0v) is 7.58.